The maximum atomic E-state index is 12.4. The lowest BCUT2D eigenvalue weighted by molar-refractivity contribution is -0.116. The van der Waals surface area contributed by atoms with E-state index in [1.807, 2.05) is 0 Å². The Morgan fingerprint density at radius 1 is 1.19 bits per heavy atom. The first-order chi connectivity index (χ1) is 12.5. The summed E-state index contributed by atoms with van der Waals surface area (Å²) in [4.78, 5) is 24.3. The molecule has 3 N–H and O–H groups in total. The second-order valence-corrected chi connectivity index (χ2v) is 7.69. The van der Waals surface area contributed by atoms with Gasteiger partial charge in [-0.2, -0.15) is 0 Å². The second kappa shape index (κ2) is 7.93. The predicted octanol–water partition coefficient (Wildman–Crippen LogP) is 1.88. The summed E-state index contributed by atoms with van der Waals surface area (Å²) in [7, 11) is -3.88. The molecule has 0 bridgehead atoms. The van der Waals surface area contributed by atoms with E-state index >= 15 is 0 Å². The number of nitrogens with two attached hydrogens (primary N) is 1. The summed E-state index contributed by atoms with van der Waals surface area (Å²) in [6.07, 6.45) is 0. The van der Waals surface area contributed by atoms with Crippen LogP contribution >= 0.6 is 0 Å². The lowest BCUT2D eigenvalue weighted by atomic mass is 10.2. The van der Waals surface area contributed by atoms with Crippen molar-refractivity contribution in [2.75, 3.05) is 11.9 Å². The Hall–Kier alpha value is -2.65. The summed E-state index contributed by atoms with van der Waals surface area (Å²) in [5.74, 6) is -0.801. The zero-order valence-electron chi connectivity index (χ0n) is 15.7. The van der Waals surface area contributed by atoms with Crippen molar-refractivity contribution in [3.05, 3.63) is 46.8 Å². The summed E-state index contributed by atoms with van der Waals surface area (Å²) >= 11 is 0. The summed E-state index contributed by atoms with van der Waals surface area (Å²) < 4.78 is 29.9. The Balaban J connectivity index is 2.21. The van der Waals surface area contributed by atoms with Crippen molar-refractivity contribution in [3.8, 4) is 0 Å². The molecule has 1 amide bonds. The van der Waals surface area contributed by atoms with Crippen LogP contribution in [0.1, 0.15) is 34.2 Å². The molecule has 8 nitrogen and oxygen atoms in total. The normalized spacial score (nSPS) is 11.3. The number of rotatable bonds is 6. The van der Waals surface area contributed by atoms with Gasteiger partial charge in [0.25, 0.3) is 0 Å². The Morgan fingerprint density at radius 3 is 2.44 bits per heavy atom. The van der Waals surface area contributed by atoms with Gasteiger partial charge in [-0.15, -0.1) is 0 Å². The number of ether oxygens (including phenoxy) is 1. The van der Waals surface area contributed by atoms with E-state index in [9.17, 15) is 18.0 Å². The van der Waals surface area contributed by atoms with Crippen LogP contribution < -0.4 is 10.5 Å². The first-order valence-corrected chi connectivity index (χ1v) is 9.86. The topological polar surface area (TPSA) is 120 Å². The standard InChI is InChI=1S/C18H23N3O5S/c1-5-26-18(23)15-8-12(3)21(13(15)4)10-17(22)20-14-7-6-11(2)16(9-14)27(19,24)25/h6-9H,5,10H2,1-4H3,(H,20,22)(H2,19,24,25). The molecular formula is C18H23N3O5S. The van der Waals surface area contributed by atoms with E-state index in [0.717, 1.165) is 5.69 Å². The van der Waals surface area contributed by atoms with Gasteiger partial charge in [0.1, 0.15) is 6.54 Å². The highest BCUT2D eigenvalue weighted by Crippen LogP contribution is 2.20. The average molecular weight is 393 g/mol. The zero-order chi connectivity index (χ0) is 20.4. The maximum absolute atomic E-state index is 12.4. The first kappa shape index (κ1) is 20.7. The molecule has 9 heteroatoms. The van der Waals surface area contributed by atoms with E-state index in [-0.39, 0.29) is 24.0 Å². The summed E-state index contributed by atoms with van der Waals surface area (Å²) in [5.41, 5.74) is 2.58. The van der Waals surface area contributed by atoms with Crippen molar-refractivity contribution in [2.45, 2.75) is 39.1 Å². The first-order valence-electron chi connectivity index (χ1n) is 8.31. The number of carbonyl (C=O) groups is 2. The smallest absolute Gasteiger partial charge is 0.339 e. The molecule has 1 aromatic heterocycles. The fraction of sp³-hybridized carbons (Fsp3) is 0.333. The molecule has 1 heterocycles. The molecule has 0 atom stereocenters. The second-order valence-electron chi connectivity index (χ2n) is 6.16. The Morgan fingerprint density at radius 2 is 1.85 bits per heavy atom. The van der Waals surface area contributed by atoms with E-state index < -0.39 is 16.0 Å². The minimum atomic E-state index is -3.88. The van der Waals surface area contributed by atoms with Gasteiger partial charge in [-0.05, 0) is 51.5 Å². The third kappa shape index (κ3) is 4.75. The van der Waals surface area contributed by atoms with E-state index in [0.29, 0.717) is 22.5 Å². The lowest BCUT2D eigenvalue weighted by Crippen LogP contribution is -2.21. The SMILES string of the molecule is CCOC(=O)c1cc(C)n(CC(=O)Nc2ccc(C)c(S(N)(=O)=O)c2)c1C. The zero-order valence-corrected chi connectivity index (χ0v) is 16.5. The number of esters is 1. The number of hydrogen-bond acceptors (Lipinski definition) is 5. The van der Waals surface area contributed by atoms with Crippen LogP contribution in [0.2, 0.25) is 0 Å². The number of aromatic nitrogens is 1. The molecule has 0 aliphatic rings. The molecule has 2 aromatic rings. The van der Waals surface area contributed by atoms with Crippen molar-refractivity contribution >= 4 is 27.6 Å². The largest absolute Gasteiger partial charge is 0.462 e. The Kier molecular flexibility index (Phi) is 6.07. The van der Waals surface area contributed by atoms with Gasteiger partial charge in [0.15, 0.2) is 0 Å². The van der Waals surface area contributed by atoms with Crippen molar-refractivity contribution in [3.63, 3.8) is 0 Å². The van der Waals surface area contributed by atoms with Gasteiger partial charge in [-0.25, -0.2) is 18.4 Å². The quantitative estimate of drug-likeness (QED) is 0.726. The number of benzene rings is 1. The molecule has 0 aliphatic carbocycles. The van der Waals surface area contributed by atoms with Crippen LogP contribution in [-0.2, 0) is 26.1 Å². The predicted molar refractivity (Wildman–Crippen MR) is 101 cm³/mol. The number of anilines is 1. The van der Waals surface area contributed by atoms with Gasteiger partial charge >= 0.3 is 5.97 Å². The number of hydrogen-bond donors (Lipinski definition) is 2. The summed E-state index contributed by atoms with van der Waals surface area (Å²) in [6, 6.07) is 6.16. The third-order valence-electron chi connectivity index (χ3n) is 4.15. The number of carbonyl (C=O) groups excluding carboxylic acids is 2. The molecule has 0 spiro atoms. The number of primary sulfonamides is 1. The van der Waals surface area contributed by atoms with Crippen LogP contribution in [0.5, 0.6) is 0 Å². The van der Waals surface area contributed by atoms with Crippen molar-refractivity contribution in [2.24, 2.45) is 5.14 Å². The Bertz CT molecular complexity index is 993. The fourth-order valence-electron chi connectivity index (χ4n) is 2.79. The van der Waals surface area contributed by atoms with Crippen LogP contribution in [0.4, 0.5) is 5.69 Å². The molecule has 146 valence electrons. The molecule has 0 aliphatic heterocycles. The molecule has 2 rings (SSSR count). The third-order valence-corrected chi connectivity index (χ3v) is 5.20. The molecule has 0 saturated heterocycles. The van der Waals surface area contributed by atoms with Crippen molar-refractivity contribution in [1.82, 2.24) is 4.57 Å². The number of sulfonamides is 1. The molecular weight excluding hydrogens is 370 g/mol. The minimum Gasteiger partial charge on any atom is -0.462 e. The molecule has 0 fully saturated rings. The van der Waals surface area contributed by atoms with Crippen molar-refractivity contribution in [1.29, 1.82) is 0 Å². The highest BCUT2D eigenvalue weighted by atomic mass is 32.2. The van der Waals surface area contributed by atoms with Crippen molar-refractivity contribution < 1.29 is 22.7 Å². The number of amides is 1. The number of nitrogens with one attached hydrogen (secondary N) is 1. The van der Waals surface area contributed by atoms with Gasteiger partial charge in [0, 0.05) is 17.1 Å². The lowest BCUT2D eigenvalue weighted by Gasteiger charge is -2.12. The molecule has 0 saturated carbocycles. The highest BCUT2D eigenvalue weighted by Gasteiger charge is 2.19. The number of nitrogens with zero attached hydrogens (tertiary/aromatic N) is 1. The van der Waals surface area contributed by atoms with Gasteiger partial charge in [0.05, 0.1) is 17.1 Å². The van der Waals surface area contributed by atoms with E-state index in [4.69, 9.17) is 9.88 Å². The Labute approximate surface area is 158 Å². The van der Waals surface area contributed by atoms with Crippen LogP contribution in [-0.4, -0.2) is 31.5 Å². The molecule has 27 heavy (non-hydrogen) atoms. The van der Waals surface area contributed by atoms with Crippen LogP contribution in [0.3, 0.4) is 0 Å². The average Bonchev–Trinajstić information content (AvgIpc) is 2.84. The number of aryl methyl sites for hydroxylation is 2. The van der Waals surface area contributed by atoms with Gasteiger partial charge in [-0.3, -0.25) is 4.79 Å². The van der Waals surface area contributed by atoms with Gasteiger partial charge in [0.2, 0.25) is 15.9 Å². The molecule has 0 radical (unpaired) electrons. The molecule has 1 aromatic carbocycles. The summed E-state index contributed by atoms with van der Waals surface area (Å²) in [5, 5.41) is 7.84. The van der Waals surface area contributed by atoms with Crippen LogP contribution in [0.25, 0.3) is 0 Å². The maximum Gasteiger partial charge on any atom is 0.339 e. The van der Waals surface area contributed by atoms with E-state index in [1.165, 1.54) is 6.07 Å². The van der Waals surface area contributed by atoms with E-state index in [1.54, 1.807) is 50.5 Å². The highest BCUT2D eigenvalue weighted by molar-refractivity contribution is 7.89. The van der Waals surface area contributed by atoms with E-state index in [2.05, 4.69) is 5.32 Å². The van der Waals surface area contributed by atoms with Gasteiger partial charge < -0.3 is 14.6 Å². The van der Waals surface area contributed by atoms with Crippen LogP contribution in [0, 0.1) is 20.8 Å². The summed E-state index contributed by atoms with van der Waals surface area (Å²) in [6.45, 7) is 7.10. The molecule has 0 unspecified atom stereocenters. The monoisotopic (exact) mass is 393 g/mol. The fourth-order valence-corrected chi connectivity index (χ4v) is 3.60. The van der Waals surface area contributed by atoms with Crippen LogP contribution in [0.15, 0.2) is 29.2 Å². The van der Waals surface area contributed by atoms with Gasteiger partial charge in [-0.1, -0.05) is 6.07 Å². The minimum absolute atomic E-state index is 0.0321.